The van der Waals surface area contributed by atoms with Crippen molar-refractivity contribution >= 4 is 0 Å². The summed E-state index contributed by atoms with van der Waals surface area (Å²) >= 11 is 0. The van der Waals surface area contributed by atoms with Gasteiger partial charge in [0.05, 0.1) is 0 Å². The SMILES string of the molecule is O=c1ncc(C2CCCCCC2)c[nH]1. The van der Waals surface area contributed by atoms with Crippen LogP contribution in [0.2, 0.25) is 0 Å². The van der Waals surface area contributed by atoms with E-state index >= 15 is 0 Å². The number of hydrogen-bond donors (Lipinski definition) is 1. The highest BCUT2D eigenvalue weighted by Gasteiger charge is 2.14. The molecule has 1 aromatic rings. The van der Waals surface area contributed by atoms with Crippen LogP contribution in [0, 0.1) is 0 Å². The lowest BCUT2D eigenvalue weighted by atomic mass is 9.94. The van der Waals surface area contributed by atoms with E-state index in [1.165, 1.54) is 44.1 Å². The van der Waals surface area contributed by atoms with Gasteiger partial charge in [-0.3, -0.25) is 0 Å². The van der Waals surface area contributed by atoms with Crippen LogP contribution in [-0.2, 0) is 0 Å². The van der Waals surface area contributed by atoms with E-state index in [2.05, 4.69) is 9.97 Å². The maximum atomic E-state index is 10.8. The largest absolute Gasteiger partial charge is 0.344 e. The zero-order valence-corrected chi connectivity index (χ0v) is 8.33. The van der Waals surface area contributed by atoms with Crippen molar-refractivity contribution in [2.24, 2.45) is 0 Å². The molecule has 14 heavy (non-hydrogen) atoms. The van der Waals surface area contributed by atoms with Crippen LogP contribution in [0.5, 0.6) is 0 Å². The zero-order valence-electron chi connectivity index (χ0n) is 8.33. The van der Waals surface area contributed by atoms with Crippen molar-refractivity contribution in [2.75, 3.05) is 0 Å². The lowest BCUT2D eigenvalue weighted by molar-refractivity contribution is 0.587. The maximum absolute atomic E-state index is 10.8. The molecule has 0 radical (unpaired) electrons. The van der Waals surface area contributed by atoms with E-state index < -0.39 is 0 Å². The Bertz CT molecular complexity index is 317. The molecule has 3 heteroatoms. The number of aromatic nitrogens is 2. The maximum Gasteiger partial charge on any atom is 0.344 e. The van der Waals surface area contributed by atoms with Crippen molar-refractivity contribution in [2.45, 2.75) is 44.4 Å². The smallest absolute Gasteiger partial charge is 0.312 e. The topological polar surface area (TPSA) is 45.8 Å². The second-order valence-corrected chi connectivity index (χ2v) is 4.04. The molecule has 1 N–H and O–H groups in total. The lowest BCUT2D eigenvalue weighted by Crippen LogP contribution is -2.11. The molecule has 0 unspecified atom stereocenters. The Kier molecular flexibility index (Phi) is 2.96. The number of nitrogens with zero attached hydrogens (tertiary/aromatic N) is 1. The molecule has 0 amide bonds. The molecule has 0 aromatic carbocycles. The first-order valence-corrected chi connectivity index (χ1v) is 5.41. The number of hydrogen-bond acceptors (Lipinski definition) is 2. The van der Waals surface area contributed by atoms with Gasteiger partial charge in [-0.2, -0.15) is 0 Å². The zero-order chi connectivity index (χ0) is 9.80. The van der Waals surface area contributed by atoms with Crippen LogP contribution in [0.25, 0.3) is 0 Å². The summed E-state index contributed by atoms with van der Waals surface area (Å²) in [7, 11) is 0. The van der Waals surface area contributed by atoms with Gasteiger partial charge >= 0.3 is 5.69 Å². The summed E-state index contributed by atoms with van der Waals surface area (Å²) < 4.78 is 0. The summed E-state index contributed by atoms with van der Waals surface area (Å²) in [6.45, 7) is 0. The van der Waals surface area contributed by atoms with Crippen molar-refractivity contribution in [1.29, 1.82) is 0 Å². The average Bonchev–Trinajstić information content (AvgIpc) is 2.47. The quantitative estimate of drug-likeness (QED) is 0.693. The third-order valence-electron chi connectivity index (χ3n) is 3.02. The fraction of sp³-hybridized carbons (Fsp3) is 0.636. The molecule has 0 saturated heterocycles. The molecular weight excluding hydrogens is 176 g/mol. The second-order valence-electron chi connectivity index (χ2n) is 4.04. The van der Waals surface area contributed by atoms with Gasteiger partial charge in [-0.1, -0.05) is 25.7 Å². The fourth-order valence-electron chi connectivity index (χ4n) is 2.19. The minimum Gasteiger partial charge on any atom is -0.312 e. The van der Waals surface area contributed by atoms with Crippen molar-refractivity contribution in [3.63, 3.8) is 0 Å². The van der Waals surface area contributed by atoms with Gasteiger partial charge in [-0.05, 0) is 24.3 Å². The first kappa shape index (κ1) is 9.44. The van der Waals surface area contributed by atoms with Crippen LogP contribution >= 0.6 is 0 Å². The summed E-state index contributed by atoms with van der Waals surface area (Å²) in [6.07, 6.45) is 11.4. The Balaban J connectivity index is 2.12. The molecule has 1 fully saturated rings. The summed E-state index contributed by atoms with van der Waals surface area (Å²) in [5.74, 6) is 0.613. The van der Waals surface area contributed by atoms with E-state index in [1.807, 2.05) is 6.20 Å². The highest BCUT2D eigenvalue weighted by Crippen LogP contribution is 2.30. The minimum atomic E-state index is -0.248. The number of H-pyrrole nitrogens is 1. The highest BCUT2D eigenvalue weighted by molar-refractivity contribution is 5.10. The second kappa shape index (κ2) is 4.40. The Labute approximate surface area is 83.6 Å². The van der Waals surface area contributed by atoms with Gasteiger partial charge in [-0.25, -0.2) is 9.78 Å². The molecular formula is C11H16N2O. The van der Waals surface area contributed by atoms with Gasteiger partial charge in [0.25, 0.3) is 0 Å². The van der Waals surface area contributed by atoms with E-state index in [0.717, 1.165) is 0 Å². The van der Waals surface area contributed by atoms with Crippen LogP contribution in [0.15, 0.2) is 17.2 Å². The van der Waals surface area contributed by atoms with Gasteiger partial charge in [0.1, 0.15) is 0 Å². The first-order chi connectivity index (χ1) is 6.86. The van der Waals surface area contributed by atoms with Crippen LogP contribution in [0.1, 0.15) is 50.0 Å². The molecule has 0 atom stereocenters. The molecule has 1 heterocycles. The third kappa shape index (κ3) is 2.22. The summed E-state index contributed by atoms with van der Waals surface area (Å²) in [5, 5.41) is 0. The molecule has 2 rings (SSSR count). The molecule has 1 aliphatic rings. The predicted octanol–water partition coefficient (Wildman–Crippen LogP) is 2.21. The van der Waals surface area contributed by atoms with Crippen molar-refractivity contribution in [1.82, 2.24) is 9.97 Å². The summed E-state index contributed by atoms with van der Waals surface area (Å²) in [5.41, 5.74) is 0.953. The molecule has 1 aliphatic carbocycles. The van der Waals surface area contributed by atoms with E-state index in [-0.39, 0.29) is 5.69 Å². The monoisotopic (exact) mass is 192 g/mol. The van der Waals surface area contributed by atoms with E-state index in [4.69, 9.17) is 0 Å². The average molecular weight is 192 g/mol. The van der Waals surface area contributed by atoms with Gasteiger partial charge in [-0.15, -0.1) is 0 Å². The number of rotatable bonds is 1. The van der Waals surface area contributed by atoms with Crippen LogP contribution in [0.4, 0.5) is 0 Å². The Hall–Kier alpha value is -1.12. The minimum absolute atomic E-state index is 0.248. The van der Waals surface area contributed by atoms with Gasteiger partial charge in [0.15, 0.2) is 0 Å². The number of nitrogens with one attached hydrogen (secondary N) is 1. The Morgan fingerprint density at radius 1 is 1.21 bits per heavy atom. The molecule has 3 nitrogen and oxygen atoms in total. The lowest BCUT2D eigenvalue weighted by Gasteiger charge is -2.12. The Morgan fingerprint density at radius 2 is 1.93 bits per heavy atom. The standard InChI is InChI=1S/C11H16N2O/c14-11-12-7-10(8-13-11)9-5-3-1-2-4-6-9/h7-9H,1-6H2,(H,12,13,14). The van der Waals surface area contributed by atoms with Gasteiger partial charge in [0, 0.05) is 12.4 Å². The van der Waals surface area contributed by atoms with E-state index in [9.17, 15) is 4.79 Å². The normalized spacial score (nSPS) is 19.1. The highest BCUT2D eigenvalue weighted by atomic mass is 16.1. The fourth-order valence-corrected chi connectivity index (χ4v) is 2.19. The van der Waals surface area contributed by atoms with Crippen molar-refractivity contribution in [3.05, 3.63) is 28.4 Å². The molecule has 1 aromatic heterocycles. The van der Waals surface area contributed by atoms with Gasteiger partial charge < -0.3 is 4.98 Å². The molecule has 0 bridgehead atoms. The van der Waals surface area contributed by atoms with Crippen molar-refractivity contribution in [3.8, 4) is 0 Å². The van der Waals surface area contributed by atoms with E-state index in [0.29, 0.717) is 5.92 Å². The molecule has 76 valence electrons. The van der Waals surface area contributed by atoms with Crippen LogP contribution in [0.3, 0.4) is 0 Å². The van der Waals surface area contributed by atoms with Gasteiger partial charge in [0.2, 0.25) is 0 Å². The summed E-state index contributed by atoms with van der Waals surface area (Å²) in [4.78, 5) is 17.2. The van der Waals surface area contributed by atoms with Crippen molar-refractivity contribution < 1.29 is 0 Å². The summed E-state index contributed by atoms with van der Waals surface area (Å²) in [6, 6.07) is 0. The third-order valence-corrected chi connectivity index (χ3v) is 3.02. The first-order valence-electron chi connectivity index (χ1n) is 5.41. The predicted molar refractivity (Wildman–Crippen MR) is 55.3 cm³/mol. The molecule has 1 saturated carbocycles. The van der Waals surface area contributed by atoms with E-state index in [1.54, 1.807) is 6.20 Å². The van der Waals surface area contributed by atoms with Crippen LogP contribution < -0.4 is 5.69 Å². The molecule has 0 spiro atoms. The number of aromatic amines is 1. The van der Waals surface area contributed by atoms with Crippen LogP contribution in [-0.4, -0.2) is 9.97 Å². The molecule has 0 aliphatic heterocycles. The Morgan fingerprint density at radius 3 is 2.50 bits per heavy atom.